The number of hydrogen-bond donors (Lipinski definition) is 2. The van der Waals surface area contributed by atoms with Gasteiger partial charge in [-0.15, -0.1) is 0 Å². The van der Waals surface area contributed by atoms with Crippen LogP contribution < -0.4 is 5.73 Å². The molecule has 2 aromatic rings. The van der Waals surface area contributed by atoms with Crippen LogP contribution in [0.2, 0.25) is 5.02 Å². The number of carbonyl (C=O) groups excluding carboxylic acids is 2. The van der Waals surface area contributed by atoms with Gasteiger partial charge in [0.15, 0.2) is 11.6 Å². The van der Waals surface area contributed by atoms with Crippen molar-refractivity contribution in [1.29, 1.82) is 0 Å². The Morgan fingerprint density at radius 2 is 1.58 bits per heavy atom. The van der Waals surface area contributed by atoms with Crippen molar-refractivity contribution in [3.8, 4) is 5.75 Å². The third kappa shape index (κ3) is 1.47. The highest BCUT2D eigenvalue weighted by molar-refractivity contribution is 6.38. The molecule has 0 bridgehead atoms. The summed E-state index contributed by atoms with van der Waals surface area (Å²) in [5.74, 6) is -1.01. The highest BCUT2D eigenvalue weighted by Crippen LogP contribution is 2.39. The van der Waals surface area contributed by atoms with Crippen LogP contribution in [0.25, 0.3) is 0 Å². The molecule has 19 heavy (non-hydrogen) atoms. The molecule has 94 valence electrons. The number of benzene rings is 2. The maximum absolute atomic E-state index is 12.4. The van der Waals surface area contributed by atoms with E-state index in [1.807, 2.05) is 0 Å². The topological polar surface area (TPSA) is 80.4 Å². The van der Waals surface area contributed by atoms with Gasteiger partial charge in [0, 0.05) is 16.7 Å². The lowest BCUT2D eigenvalue weighted by Gasteiger charge is -2.19. The number of aromatic hydroxyl groups is 1. The summed E-state index contributed by atoms with van der Waals surface area (Å²) in [7, 11) is 0. The predicted molar refractivity (Wildman–Crippen MR) is 70.8 cm³/mol. The summed E-state index contributed by atoms with van der Waals surface area (Å²) in [6.45, 7) is 0. The van der Waals surface area contributed by atoms with E-state index in [0.29, 0.717) is 11.1 Å². The molecule has 0 amide bonds. The fourth-order valence-electron chi connectivity index (χ4n) is 2.25. The minimum atomic E-state index is -0.357. The summed E-state index contributed by atoms with van der Waals surface area (Å²) < 4.78 is 0. The molecule has 0 heterocycles. The molecule has 3 rings (SSSR count). The van der Waals surface area contributed by atoms with Gasteiger partial charge in [0.1, 0.15) is 10.8 Å². The first-order valence-corrected chi connectivity index (χ1v) is 5.89. The van der Waals surface area contributed by atoms with Gasteiger partial charge in [0.05, 0.1) is 11.3 Å². The highest BCUT2D eigenvalue weighted by Gasteiger charge is 2.32. The summed E-state index contributed by atoms with van der Waals surface area (Å²) in [4.78, 5) is 24.7. The van der Waals surface area contributed by atoms with E-state index < -0.39 is 0 Å². The van der Waals surface area contributed by atoms with Gasteiger partial charge in [-0.25, -0.2) is 0 Å². The summed E-state index contributed by atoms with van der Waals surface area (Å²) in [5, 5.41) is 9.52. The monoisotopic (exact) mass is 273 g/mol. The SMILES string of the molecule is Nc1c(Cl)c(O)cc2c1C(=O)c1ccccc1C2=O. The first-order chi connectivity index (χ1) is 9.02. The smallest absolute Gasteiger partial charge is 0.196 e. The minimum Gasteiger partial charge on any atom is -0.506 e. The molecule has 5 heteroatoms. The maximum Gasteiger partial charge on any atom is 0.196 e. The second-order valence-electron chi connectivity index (χ2n) is 4.25. The molecule has 0 spiro atoms. The molecule has 0 aromatic heterocycles. The summed E-state index contributed by atoms with van der Waals surface area (Å²) in [6.07, 6.45) is 0. The van der Waals surface area contributed by atoms with Crippen molar-refractivity contribution in [3.63, 3.8) is 0 Å². The normalized spacial score (nSPS) is 13.1. The van der Waals surface area contributed by atoms with Crippen molar-refractivity contribution < 1.29 is 14.7 Å². The standard InChI is InChI=1S/C14H8ClNO3/c15-11-9(17)5-8-10(12(11)16)14(19)7-4-2-1-3-6(7)13(8)18/h1-5,17H,16H2. The predicted octanol–water partition coefficient (Wildman–Crippen LogP) is 2.40. The zero-order chi connectivity index (χ0) is 13.7. The lowest BCUT2D eigenvalue weighted by Crippen LogP contribution is -2.22. The van der Waals surface area contributed by atoms with Crippen molar-refractivity contribution in [2.75, 3.05) is 5.73 Å². The number of fused-ring (bicyclic) bond motifs is 2. The van der Waals surface area contributed by atoms with Gasteiger partial charge in [-0.1, -0.05) is 35.9 Å². The fraction of sp³-hybridized carbons (Fsp3) is 0. The number of carbonyl (C=O) groups is 2. The van der Waals surface area contributed by atoms with E-state index in [1.54, 1.807) is 24.3 Å². The molecule has 2 aromatic carbocycles. The second-order valence-corrected chi connectivity index (χ2v) is 4.63. The van der Waals surface area contributed by atoms with Crippen LogP contribution in [0.4, 0.5) is 5.69 Å². The number of hydrogen-bond acceptors (Lipinski definition) is 4. The molecule has 0 saturated carbocycles. The van der Waals surface area contributed by atoms with E-state index in [4.69, 9.17) is 17.3 Å². The number of phenols is 1. The van der Waals surface area contributed by atoms with Gasteiger partial charge in [0.25, 0.3) is 0 Å². The lowest BCUT2D eigenvalue weighted by atomic mass is 9.83. The van der Waals surface area contributed by atoms with Crippen LogP contribution >= 0.6 is 11.6 Å². The number of phenolic OH excluding ortho intramolecular Hbond substituents is 1. The first kappa shape index (κ1) is 11.7. The van der Waals surface area contributed by atoms with Crippen LogP contribution in [-0.2, 0) is 0 Å². The molecule has 0 radical (unpaired) electrons. The van der Waals surface area contributed by atoms with E-state index in [-0.39, 0.29) is 39.2 Å². The molecule has 0 atom stereocenters. The number of ketones is 2. The number of anilines is 1. The van der Waals surface area contributed by atoms with Gasteiger partial charge >= 0.3 is 0 Å². The van der Waals surface area contributed by atoms with Gasteiger partial charge in [-0.2, -0.15) is 0 Å². The molecule has 0 fully saturated rings. The molecule has 3 N–H and O–H groups in total. The number of halogens is 1. The summed E-state index contributed by atoms with van der Waals surface area (Å²) in [5.41, 5.74) is 6.44. The Bertz CT molecular complexity index is 753. The molecule has 4 nitrogen and oxygen atoms in total. The third-order valence-corrected chi connectivity index (χ3v) is 3.57. The molecule has 1 aliphatic rings. The minimum absolute atomic E-state index is 0.0616. The average molecular weight is 274 g/mol. The lowest BCUT2D eigenvalue weighted by molar-refractivity contribution is 0.0979. The molecule has 0 saturated heterocycles. The average Bonchev–Trinajstić information content (AvgIpc) is 2.42. The van der Waals surface area contributed by atoms with Gasteiger partial charge in [-0.05, 0) is 6.07 Å². The Labute approximate surface area is 113 Å². The van der Waals surface area contributed by atoms with Crippen molar-refractivity contribution in [3.05, 3.63) is 57.6 Å². The van der Waals surface area contributed by atoms with E-state index >= 15 is 0 Å². The third-order valence-electron chi connectivity index (χ3n) is 3.17. The molecule has 0 aliphatic heterocycles. The fourth-order valence-corrected chi connectivity index (χ4v) is 2.40. The molecular formula is C14H8ClNO3. The summed E-state index contributed by atoms with van der Waals surface area (Å²) in [6, 6.07) is 7.67. The van der Waals surface area contributed by atoms with Crippen LogP contribution in [0.3, 0.4) is 0 Å². The summed E-state index contributed by atoms with van der Waals surface area (Å²) >= 11 is 5.82. The van der Waals surface area contributed by atoms with E-state index in [1.165, 1.54) is 6.07 Å². The zero-order valence-corrected chi connectivity index (χ0v) is 10.4. The molecule has 0 unspecified atom stereocenters. The van der Waals surface area contributed by atoms with Crippen LogP contribution in [0, 0.1) is 0 Å². The Kier molecular flexibility index (Phi) is 2.37. The number of nitrogen functional groups attached to an aromatic ring is 1. The zero-order valence-electron chi connectivity index (χ0n) is 9.61. The van der Waals surface area contributed by atoms with Crippen LogP contribution in [-0.4, -0.2) is 16.7 Å². The van der Waals surface area contributed by atoms with Gasteiger partial charge in [0.2, 0.25) is 0 Å². The van der Waals surface area contributed by atoms with E-state index in [0.717, 1.165) is 0 Å². The van der Waals surface area contributed by atoms with Crippen LogP contribution in [0.1, 0.15) is 31.8 Å². The molecular weight excluding hydrogens is 266 g/mol. The Balaban J connectivity index is 2.40. The Hall–Kier alpha value is -2.33. The van der Waals surface area contributed by atoms with Crippen molar-refractivity contribution >= 4 is 28.9 Å². The first-order valence-electron chi connectivity index (χ1n) is 5.51. The largest absolute Gasteiger partial charge is 0.506 e. The second kappa shape index (κ2) is 3.83. The number of rotatable bonds is 0. The quantitative estimate of drug-likeness (QED) is 0.616. The maximum atomic E-state index is 12.4. The van der Waals surface area contributed by atoms with Crippen LogP contribution in [0.15, 0.2) is 30.3 Å². The Morgan fingerprint density at radius 3 is 2.21 bits per heavy atom. The van der Waals surface area contributed by atoms with Crippen molar-refractivity contribution in [1.82, 2.24) is 0 Å². The highest BCUT2D eigenvalue weighted by atomic mass is 35.5. The molecule has 1 aliphatic carbocycles. The van der Waals surface area contributed by atoms with E-state index in [9.17, 15) is 14.7 Å². The van der Waals surface area contributed by atoms with Crippen LogP contribution in [0.5, 0.6) is 5.75 Å². The van der Waals surface area contributed by atoms with Gasteiger partial charge in [-0.3, -0.25) is 9.59 Å². The number of nitrogens with two attached hydrogens (primary N) is 1. The van der Waals surface area contributed by atoms with Crippen molar-refractivity contribution in [2.45, 2.75) is 0 Å². The Morgan fingerprint density at radius 1 is 1.00 bits per heavy atom. The van der Waals surface area contributed by atoms with Gasteiger partial charge < -0.3 is 10.8 Å². The van der Waals surface area contributed by atoms with E-state index in [2.05, 4.69) is 0 Å². The van der Waals surface area contributed by atoms with Crippen molar-refractivity contribution in [2.24, 2.45) is 0 Å².